The highest BCUT2D eigenvalue weighted by atomic mass is 19.4. The first kappa shape index (κ1) is 19.3. The fraction of sp³-hybridized carbons (Fsp3) is 0.609. The molecule has 4 atom stereocenters. The van der Waals surface area contributed by atoms with Gasteiger partial charge in [0.15, 0.2) is 17.2 Å². The molecular weight excluding hydrogens is 463 g/mol. The summed E-state index contributed by atoms with van der Waals surface area (Å²) in [5, 5.41) is 10.5. The minimum Gasteiger partial charge on any atom is -0.381 e. The van der Waals surface area contributed by atoms with Gasteiger partial charge in [-0.25, -0.2) is 4.98 Å². The molecule has 3 fully saturated rings. The molecule has 0 radical (unpaired) electrons. The molecule has 9 nitrogen and oxygen atoms in total. The lowest BCUT2D eigenvalue weighted by Gasteiger charge is -2.40. The fourth-order valence-corrected chi connectivity index (χ4v) is 5.77. The van der Waals surface area contributed by atoms with Gasteiger partial charge in [-0.2, -0.15) is 28.1 Å². The summed E-state index contributed by atoms with van der Waals surface area (Å²) >= 11 is 0. The molecule has 3 aliphatic heterocycles. The number of aromatic amines is 1. The smallest absolute Gasteiger partial charge is 0.381 e. The van der Waals surface area contributed by atoms with Crippen LogP contribution in [0.5, 0.6) is 0 Å². The number of morpholine rings is 1. The highest BCUT2D eigenvalue weighted by Crippen LogP contribution is 2.44. The molecule has 188 valence electrons. The number of fused-ring (bicyclic) bond motifs is 3. The van der Waals surface area contributed by atoms with Crippen LogP contribution < -0.4 is 9.80 Å². The summed E-state index contributed by atoms with van der Waals surface area (Å²) in [6.07, 6.45) is -1.25. The number of anilines is 2. The lowest BCUT2D eigenvalue weighted by Crippen LogP contribution is -2.47. The van der Waals surface area contributed by atoms with Crippen molar-refractivity contribution in [3.63, 3.8) is 0 Å². The van der Waals surface area contributed by atoms with E-state index in [-0.39, 0.29) is 35.0 Å². The van der Waals surface area contributed by atoms with Crippen LogP contribution in [0.4, 0.5) is 24.7 Å². The van der Waals surface area contributed by atoms with Gasteiger partial charge in [0.05, 0.1) is 52.8 Å². The van der Waals surface area contributed by atoms with Crippen LogP contribution >= 0.6 is 0 Å². The number of piperidine rings is 1. The number of H-pyrrole nitrogens is 1. The standard InChI is InChI=1S/C23H28F3N7O2/c1-13-9-16(34-2)6-8-31(13)17-10-19(32-14-3-4-15(32)12-35-11-14)28-22-20(17)21(23(24,25)26)30-33(22)18-5-7-27-29-18/h5,7,10,13-16H,3-4,6,8-9,11-12H2,1-2H3,(H,27,29)/t13-,14?,15?,16-/m1/s1/i2D3. The van der Waals surface area contributed by atoms with Gasteiger partial charge in [-0.3, -0.25) is 5.10 Å². The van der Waals surface area contributed by atoms with Gasteiger partial charge < -0.3 is 19.3 Å². The molecule has 3 aromatic rings. The van der Waals surface area contributed by atoms with Gasteiger partial charge in [0.25, 0.3) is 0 Å². The number of methoxy groups -OCH3 is 1. The van der Waals surface area contributed by atoms with Gasteiger partial charge in [-0.15, -0.1) is 0 Å². The molecule has 6 rings (SSSR count). The van der Waals surface area contributed by atoms with Crippen molar-refractivity contribution in [2.75, 3.05) is 36.6 Å². The number of nitrogens with zero attached hydrogens (tertiary/aromatic N) is 6. The molecule has 6 heterocycles. The van der Waals surface area contributed by atoms with Crippen LogP contribution in [-0.4, -0.2) is 76.0 Å². The average Bonchev–Trinajstić information content (AvgIpc) is 3.54. The quantitative estimate of drug-likeness (QED) is 0.594. The molecule has 1 N–H and O–H groups in total. The molecule has 3 saturated heterocycles. The average molecular weight is 495 g/mol. The van der Waals surface area contributed by atoms with Crippen LogP contribution in [-0.2, 0) is 15.7 Å². The van der Waals surface area contributed by atoms with Crippen LogP contribution in [0.2, 0.25) is 0 Å². The van der Waals surface area contributed by atoms with Crippen molar-refractivity contribution in [3.8, 4) is 5.82 Å². The summed E-state index contributed by atoms with van der Waals surface area (Å²) in [6.45, 7) is 3.26. The predicted molar refractivity (Wildman–Crippen MR) is 123 cm³/mol. The Labute approximate surface area is 204 Å². The molecule has 0 saturated carbocycles. The molecule has 35 heavy (non-hydrogen) atoms. The van der Waals surface area contributed by atoms with Gasteiger partial charge >= 0.3 is 6.18 Å². The Hall–Kier alpha value is -2.86. The lowest BCUT2D eigenvalue weighted by atomic mass is 9.99. The fourth-order valence-electron chi connectivity index (χ4n) is 5.77. The molecule has 0 spiro atoms. The summed E-state index contributed by atoms with van der Waals surface area (Å²) in [5.41, 5.74) is -0.587. The van der Waals surface area contributed by atoms with Crippen molar-refractivity contribution >= 4 is 22.5 Å². The highest BCUT2D eigenvalue weighted by molar-refractivity contribution is 5.95. The number of rotatable bonds is 4. The minimum absolute atomic E-state index is 0.0769. The Kier molecular flexibility index (Phi) is 4.63. The van der Waals surface area contributed by atoms with E-state index in [9.17, 15) is 13.2 Å². The molecule has 0 amide bonds. The first-order chi connectivity index (χ1) is 18.0. The van der Waals surface area contributed by atoms with Gasteiger partial charge in [0, 0.05) is 31.8 Å². The normalized spacial score (nSPS) is 28.9. The van der Waals surface area contributed by atoms with Crippen molar-refractivity contribution < 1.29 is 26.8 Å². The zero-order chi connectivity index (χ0) is 26.8. The first-order valence-electron chi connectivity index (χ1n) is 13.3. The Morgan fingerprint density at radius 1 is 1.23 bits per heavy atom. The zero-order valence-corrected chi connectivity index (χ0v) is 19.1. The SMILES string of the molecule is [2H]C([2H])([2H])O[C@@H]1CCN(c2cc(N3C4CCC3COC4)nc3c2c(C(F)(F)F)nn3-c2ccn[nH]2)[C@H](C)C1. The summed E-state index contributed by atoms with van der Waals surface area (Å²) < 4.78 is 77.6. The Morgan fingerprint density at radius 2 is 2.03 bits per heavy atom. The van der Waals surface area contributed by atoms with Crippen molar-refractivity contribution in [1.29, 1.82) is 0 Å². The second-order valence-electron chi connectivity index (χ2n) is 9.53. The van der Waals surface area contributed by atoms with Gasteiger partial charge in [0.1, 0.15) is 5.82 Å². The molecule has 2 unspecified atom stereocenters. The van der Waals surface area contributed by atoms with E-state index in [0.717, 1.165) is 17.5 Å². The number of hydrogen-bond donors (Lipinski definition) is 1. The van der Waals surface area contributed by atoms with Crippen molar-refractivity contribution in [2.45, 2.75) is 63.0 Å². The number of aromatic nitrogens is 5. The summed E-state index contributed by atoms with van der Waals surface area (Å²) in [4.78, 5) is 8.83. The van der Waals surface area contributed by atoms with Crippen LogP contribution in [0.1, 0.15) is 42.4 Å². The zero-order valence-electron chi connectivity index (χ0n) is 22.1. The maximum absolute atomic E-state index is 14.4. The Bertz CT molecular complexity index is 1300. The summed E-state index contributed by atoms with van der Waals surface area (Å²) in [7, 11) is -2.53. The van der Waals surface area contributed by atoms with E-state index in [1.165, 1.54) is 6.20 Å². The predicted octanol–water partition coefficient (Wildman–Crippen LogP) is 3.53. The number of halogens is 3. The molecule has 3 aromatic heterocycles. The van der Waals surface area contributed by atoms with Crippen molar-refractivity contribution in [2.24, 2.45) is 0 Å². The summed E-state index contributed by atoms with van der Waals surface area (Å²) in [5.74, 6) is 0.842. The van der Waals surface area contributed by atoms with Gasteiger partial charge in [-0.05, 0) is 32.6 Å². The number of pyridine rings is 1. The second kappa shape index (κ2) is 8.37. The highest BCUT2D eigenvalue weighted by Gasteiger charge is 2.43. The van der Waals surface area contributed by atoms with E-state index < -0.39 is 25.0 Å². The second-order valence-corrected chi connectivity index (χ2v) is 9.53. The van der Waals surface area contributed by atoms with E-state index in [2.05, 4.69) is 20.2 Å². The van der Waals surface area contributed by atoms with Crippen molar-refractivity contribution in [1.82, 2.24) is 25.0 Å². The minimum atomic E-state index is -4.73. The third kappa shape index (κ3) is 3.74. The van der Waals surface area contributed by atoms with Crippen LogP contribution in [0.15, 0.2) is 18.3 Å². The number of alkyl halides is 3. The molecule has 3 aliphatic rings. The monoisotopic (exact) mass is 494 g/mol. The van der Waals surface area contributed by atoms with Crippen LogP contribution in [0, 0.1) is 0 Å². The first-order valence-corrected chi connectivity index (χ1v) is 11.8. The van der Waals surface area contributed by atoms with E-state index in [1.807, 2.05) is 11.8 Å². The maximum Gasteiger partial charge on any atom is 0.435 e. The number of ether oxygens (including phenoxy) is 2. The third-order valence-electron chi connectivity index (χ3n) is 7.40. The molecule has 0 aliphatic carbocycles. The molecule has 2 bridgehead atoms. The molecule has 12 heteroatoms. The topological polar surface area (TPSA) is 84.3 Å². The van der Waals surface area contributed by atoms with Crippen LogP contribution in [0.25, 0.3) is 16.9 Å². The van der Waals surface area contributed by atoms with Crippen molar-refractivity contribution in [3.05, 3.63) is 24.0 Å². The Morgan fingerprint density at radius 3 is 2.69 bits per heavy atom. The van der Waals surface area contributed by atoms with E-state index in [0.29, 0.717) is 44.1 Å². The van der Waals surface area contributed by atoms with Gasteiger partial charge in [0.2, 0.25) is 0 Å². The van der Waals surface area contributed by atoms with E-state index in [1.54, 1.807) is 12.1 Å². The molecular formula is C23H28F3N7O2. The van der Waals surface area contributed by atoms with Crippen LogP contribution in [0.3, 0.4) is 0 Å². The Balaban J connectivity index is 1.51. The summed E-state index contributed by atoms with van der Waals surface area (Å²) in [6, 6.07) is 3.17. The third-order valence-corrected chi connectivity index (χ3v) is 7.40. The largest absolute Gasteiger partial charge is 0.435 e. The number of nitrogens with one attached hydrogen (secondary N) is 1. The number of hydrogen-bond acceptors (Lipinski definition) is 7. The molecule has 0 aromatic carbocycles. The maximum atomic E-state index is 14.4. The van der Waals surface area contributed by atoms with E-state index in [4.69, 9.17) is 18.6 Å². The van der Waals surface area contributed by atoms with Gasteiger partial charge in [-0.1, -0.05) is 0 Å². The van der Waals surface area contributed by atoms with E-state index >= 15 is 0 Å². The lowest BCUT2D eigenvalue weighted by molar-refractivity contribution is -0.140.